The lowest BCUT2D eigenvalue weighted by atomic mass is 9.44. The van der Waals surface area contributed by atoms with Gasteiger partial charge in [-0.15, -0.1) is 0 Å². The number of hydrogen-bond acceptors (Lipinski definition) is 7. The van der Waals surface area contributed by atoms with Gasteiger partial charge in [-0.3, -0.25) is 19.2 Å². The molecule has 0 aromatic carbocycles. The molecule has 0 aromatic heterocycles. The van der Waals surface area contributed by atoms with E-state index < -0.39 is 64.4 Å². The molecule has 44 heavy (non-hydrogen) atoms. The number of fused-ring (bicyclic) bond motifs is 5. The fourth-order valence-electron chi connectivity index (χ4n) is 9.35. The molecule has 1 N–H and O–H groups in total. The largest absolute Gasteiger partial charge is 0.457 e. The maximum Gasteiger partial charge on any atom is 0.306 e. The van der Waals surface area contributed by atoms with Crippen molar-refractivity contribution < 1.29 is 38.1 Å². The van der Waals surface area contributed by atoms with Crippen molar-refractivity contribution in [2.75, 3.05) is 6.61 Å². The number of esters is 2. The van der Waals surface area contributed by atoms with Crippen molar-refractivity contribution in [2.45, 2.75) is 142 Å². The summed E-state index contributed by atoms with van der Waals surface area (Å²) in [7, 11) is 0. The molecule has 0 aromatic rings. The van der Waals surface area contributed by atoms with Gasteiger partial charge in [0.2, 0.25) is 5.78 Å². The van der Waals surface area contributed by atoms with Crippen molar-refractivity contribution in [3.8, 4) is 0 Å². The number of hydrogen-bond donors (Lipinski definition) is 1. The molecule has 0 aliphatic heterocycles. The minimum absolute atomic E-state index is 0.0977. The monoisotopic (exact) mass is 616 g/mol. The molecule has 8 heteroatoms. The van der Waals surface area contributed by atoms with Crippen molar-refractivity contribution >= 4 is 23.5 Å². The Hall–Kier alpha value is -2.35. The van der Waals surface area contributed by atoms with Crippen LogP contribution in [0.2, 0.25) is 0 Å². The van der Waals surface area contributed by atoms with Crippen molar-refractivity contribution in [3.63, 3.8) is 0 Å². The Morgan fingerprint density at radius 2 is 1.61 bits per heavy atom. The molecule has 0 spiro atoms. The lowest BCUT2D eigenvalue weighted by Gasteiger charge is -2.62. The minimum atomic E-state index is -2.06. The van der Waals surface area contributed by atoms with Crippen LogP contribution in [-0.2, 0) is 28.7 Å². The number of carbonyl (C=O) groups excluding carboxylic acids is 4. The topological polar surface area (TPSA) is 107 Å². The Balaban J connectivity index is 1.66. The van der Waals surface area contributed by atoms with Crippen molar-refractivity contribution in [1.82, 2.24) is 0 Å². The van der Waals surface area contributed by atoms with Crippen LogP contribution in [0.3, 0.4) is 0 Å². The van der Waals surface area contributed by atoms with Gasteiger partial charge in [0.1, 0.15) is 0 Å². The fourth-order valence-corrected chi connectivity index (χ4v) is 9.35. The molecule has 0 saturated heterocycles. The maximum absolute atomic E-state index is 17.7. The molecular formula is C36H53FO7. The molecule has 0 bridgehead atoms. The normalized spacial score (nSPS) is 37.4. The standard InChI is InChI=1S/C36H53FO7/c1-6-8-10-12-14-31(41)43-23-30(40)36(44-32(42)15-13-11-9-7-2)24(3)20-28-27-17-16-25-21-26(38)18-19-33(25,4)35(27,37)29(39)22-34(28,36)5/h18-19,21,24,27-29,39H,6-17,20,22-23H2,1-5H3. The highest BCUT2D eigenvalue weighted by atomic mass is 19.1. The van der Waals surface area contributed by atoms with Crippen molar-refractivity contribution in [3.05, 3.63) is 23.8 Å². The van der Waals surface area contributed by atoms with Crippen molar-refractivity contribution in [2.24, 2.45) is 28.6 Å². The van der Waals surface area contributed by atoms with Crippen LogP contribution in [0, 0.1) is 28.6 Å². The average molecular weight is 617 g/mol. The molecule has 0 amide bonds. The Bertz CT molecular complexity index is 1180. The van der Waals surface area contributed by atoms with Crippen LogP contribution in [0.5, 0.6) is 0 Å². The summed E-state index contributed by atoms with van der Waals surface area (Å²) in [6, 6.07) is 0. The Morgan fingerprint density at radius 3 is 2.25 bits per heavy atom. The second-order valence-electron chi connectivity index (χ2n) is 14.3. The number of aliphatic hydroxyl groups excluding tert-OH is 1. The number of unbranched alkanes of at least 4 members (excludes halogenated alkanes) is 6. The first-order valence-corrected chi connectivity index (χ1v) is 17.0. The second kappa shape index (κ2) is 13.6. The van der Waals surface area contributed by atoms with Crippen LogP contribution in [0.15, 0.2) is 23.8 Å². The van der Waals surface area contributed by atoms with E-state index in [0.717, 1.165) is 38.5 Å². The molecule has 0 heterocycles. The average Bonchev–Trinajstić information content (AvgIpc) is 3.19. The summed E-state index contributed by atoms with van der Waals surface area (Å²) >= 11 is 0. The van der Waals surface area contributed by atoms with Gasteiger partial charge >= 0.3 is 11.9 Å². The van der Waals surface area contributed by atoms with E-state index in [9.17, 15) is 24.3 Å². The Labute approximate surface area is 262 Å². The summed E-state index contributed by atoms with van der Waals surface area (Å²) < 4.78 is 29.4. The zero-order valence-electron chi connectivity index (χ0n) is 27.4. The van der Waals surface area contributed by atoms with E-state index in [2.05, 4.69) is 13.8 Å². The van der Waals surface area contributed by atoms with E-state index in [1.165, 1.54) is 12.2 Å². The van der Waals surface area contributed by atoms with E-state index in [-0.39, 0.29) is 31.0 Å². The summed E-state index contributed by atoms with van der Waals surface area (Å²) in [6.07, 6.45) is 11.8. The quantitative estimate of drug-likeness (QED) is 0.166. The van der Waals surface area contributed by atoms with Gasteiger partial charge in [-0.25, -0.2) is 4.39 Å². The molecule has 3 saturated carbocycles. The predicted molar refractivity (Wildman–Crippen MR) is 165 cm³/mol. The lowest BCUT2D eigenvalue weighted by Crippen LogP contribution is -2.70. The zero-order chi connectivity index (χ0) is 32.3. The Kier molecular flexibility index (Phi) is 10.6. The molecule has 246 valence electrons. The van der Waals surface area contributed by atoms with Gasteiger partial charge < -0.3 is 14.6 Å². The number of halogens is 1. The van der Waals surface area contributed by atoms with Gasteiger partial charge in [0.25, 0.3) is 0 Å². The van der Waals surface area contributed by atoms with Crippen LogP contribution in [0.4, 0.5) is 4.39 Å². The molecule has 3 fully saturated rings. The number of rotatable bonds is 14. The number of alkyl halides is 1. The van der Waals surface area contributed by atoms with E-state index >= 15 is 4.39 Å². The van der Waals surface area contributed by atoms with Crippen LogP contribution >= 0.6 is 0 Å². The minimum Gasteiger partial charge on any atom is -0.457 e. The van der Waals surface area contributed by atoms with Crippen LogP contribution in [0.1, 0.15) is 125 Å². The molecule has 0 radical (unpaired) electrons. The second-order valence-corrected chi connectivity index (χ2v) is 14.3. The SMILES string of the molecule is CCCCCCC(=O)OCC(=O)C1(OC(=O)CCCCCC)C(C)CC2C3CCC4=CC(=O)C=CC4(C)C3(F)C(O)CC21C. The van der Waals surface area contributed by atoms with Gasteiger partial charge in [0.05, 0.1) is 6.10 Å². The third kappa shape index (κ3) is 5.73. The smallest absolute Gasteiger partial charge is 0.306 e. The first-order valence-electron chi connectivity index (χ1n) is 17.0. The molecule has 4 aliphatic rings. The fraction of sp³-hybridized carbons (Fsp3) is 0.778. The molecule has 4 aliphatic carbocycles. The predicted octanol–water partition coefficient (Wildman–Crippen LogP) is 6.94. The molecule has 7 nitrogen and oxygen atoms in total. The highest BCUT2D eigenvalue weighted by Crippen LogP contribution is 2.71. The summed E-state index contributed by atoms with van der Waals surface area (Å²) in [5.74, 6) is -3.12. The molecule has 4 rings (SSSR count). The summed E-state index contributed by atoms with van der Waals surface area (Å²) in [5, 5.41) is 11.8. The summed E-state index contributed by atoms with van der Waals surface area (Å²) in [5.41, 5.74) is -5.29. The van der Waals surface area contributed by atoms with E-state index in [0.29, 0.717) is 37.7 Å². The van der Waals surface area contributed by atoms with E-state index in [1.807, 2.05) is 13.8 Å². The highest BCUT2D eigenvalue weighted by molar-refractivity contribution is 6.01. The number of allylic oxidation sites excluding steroid dienone is 4. The molecule has 8 atom stereocenters. The molecule has 8 unspecified atom stereocenters. The van der Waals surface area contributed by atoms with Gasteiger partial charge in [-0.2, -0.15) is 0 Å². The van der Waals surface area contributed by atoms with Gasteiger partial charge in [-0.05, 0) is 63.5 Å². The maximum atomic E-state index is 17.7. The number of Topliss-reactive ketones (excluding diaryl/α,β-unsaturated/α-hetero) is 1. The van der Waals surface area contributed by atoms with Gasteiger partial charge in [0.15, 0.2) is 23.7 Å². The number of aliphatic hydroxyl groups is 1. The lowest BCUT2D eigenvalue weighted by molar-refractivity contribution is -0.228. The van der Waals surface area contributed by atoms with Gasteiger partial charge in [0, 0.05) is 35.5 Å². The summed E-state index contributed by atoms with van der Waals surface area (Å²) in [6.45, 7) is 9.12. The van der Waals surface area contributed by atoms with Crippen molar-refractivity contribution in [1.29, 1.82) is 0 Å². The molecular weight excluding hydrogens is 563 g/mol. The summed E-state index contributed by atoms with van der Waals surface area (Å²) in [4.78, 5) is 52.5. The number of ketones is 2. The van der Waals surface area contributed by atoms with Crippen LogP contribution in [0.25, 0.3) is 0 Å². The third-order valence-electron chi connectivity index (χ3n) is 11.7. The van der Waals surface area contributed by atoms with Gasteiger partial charge in [-0.1, -0.05) is 77.9 Å². The van der Waals surface area contributed by atoms with E-state index in [4.69, 9.17) is 9.47 Å². The number of carbonyl (C=O) groups is 4. The zero-order valence-corrected chi connectivity index (χ0v) is 27.4. The van der Waals surface area contributed by atoms with Crippen LogP contribution in [-0.4, -0.2) is 52.6 Å². The first kappa shape index (κ1) is 34.5. The highest BCUT2D eigenvalue weighted by Gasteiger charge is 2.77. The Morgan fingerprint density at radius 1 is 0.977 bits per heavy atom. The first-order chi connectivity index (χ1) is 20.8. The third-order valence-corrected chi connectivity index (χ3v) is 11.7. The van der Waals surface area contributed by atoms with Crippen LogP contribution < -0.4 is 0 Å². The number of ether oxygens (including phenoxy) is 2. The van der Waals surface area contributed by atoms with E-state index in [1.54, 1.807) is 13.0 Å².